The molecule has 0 saturated carbocycles. The lowest BCUT2D eigenvalue weighted by Gasteiger charge is -2.30. The van der Waals surface area contributed by atoms with Gasteiger partial charge in [0.1, 0.15) is 6.10 Å². The van der Waals surface area contributed by atoms with Crippen LogP contribution in [-0.2, 0) is 20.1 Å². The Kier molecular flexibility index (Phi) is 7.22. The second-order valence-corrected chi connectivity index (χ2v) is 9.94. The van der Waals surface area contributed by atoms with Gasteiger partial charge in [-0.05, 0) is 52.8 Å². The number of hydrogen-bond acceptors (Lipinski definition) is 8. The number of pyridine rings is 1. The number of rotatable bonds is 5. The molecule has 2 N–H and O–H groups in total. The number of H-pyrrole nitrogens is 1. The summed E-state index contributed by atoms with van der Waals surface area (Å²) in [5, 5.41) is 27.7. The second-order valence-electron chi connectivity index (χ2n) is 9.94. The van der Waals surface area contributed by atoms with Gasteiger partial charge in [-0.3, -0.25) is 19.7 Å². The maximum absolute atomic E-state index is 9.78. The number of aromatic nitrogens is 7. The molecule has 0 aliphatic carbocycles. The summed E-state index contributed by atoms with van der Waals surface area (Å²) in [6, 6.07) is 2.26. The number of nitrogens with one attached hydrogen (secondary N) is 1. The van der Waals surface area contributed by atoms with E-state index in [4.69, 9.17) is 19.6 Å². The van der Waals surface area contributed by atoms with E-state index in [1.807, 2.05) is 43.8 Å². The van der Waals surface area contributed by atoms with Crippen LogP contribution in [0.15, 0.2) is 12.3 Å². The van der Waals surface area contributed by atoms with Crippen molar-refractivity contribution in [1.82, 2.24) is 39.6 Å². The Balaban J connectivity index is 1.73. The Hall–Kier alpha value is -3.70. The predicted molar refractivity (Wildman–Crippen MR) is 146 cm³/mol. The number of aromatic amines is 1. The number of ether oxygens (including phenoxy) is 2. The van der Waals surface area contributed by atoms with Crippen molar-refractivity contribution in [2.24, 2.45) is 7.05 Å². The van der Waals surface area contributed by atoms with Crippen molar-refractivity contribution >= 4 is 23.1 Å². The van der Waals surface area contributed by atoms with E-state index in [2.05, 4.69) is 41.0 Å². The standard InChI is InChI=1S/C27H36N8O3/c1-7-37-26-19-8-9-21-20-12-22(28-13-23(20)30-29-21)25-18(5)31-33(6)27(25)38-17(4)14-34(16(2)3)15-24(19)35(32-26)10-11-36/h8-9,12-13,16-17,36H,7,10-11,14-15H2,1-6H3,(H,29,30)/b9-8+/t17-/m1/s1. The van der Waals surface area contributed by atoms with Gasteiger partial charge in [-0.15, -0.1) is 5.10 Å². The summed E-state index contributed by atoms with van der Waals surface area (Å²) >= 11 is 0. The number of fused-ring (bicyclic) bond motifs is 4. The summed E-state index contributed by atoms with van der Waals surface area (Å²) in [6.45, 7) is 12.4. The van der Waals surface area contributed by atoms with Crippen LogP contribution in [0.4, 0.5) is 0 Å². The van der Waals surface area contributed by atoms with Crippen LogP contribution < -0.4 is 9.47 Å². The van der Waals surface area contributed by atoms with Gasteiger partial charge in [0.25, 0.3) is 0 Å². The van der Waals surface area contributed by atoms with Crippen LogP contribution in [0.5, 0.6) is 11.8 Å². The third kappa shape index (κ3) is 4.79. The van der Waals surface area contributed by atoms with Gasteiger partial charge in [0, 0.05) is 31.6 Å². The number of nitrogens with zero attached hydrogens (tertiary/aromatic N) is 7. The van der Waals surface area contributed by atoms with Gasteiger partial charge in [-0.2, -0.15) is 10.2 Å². The number of hydrogen-bond donors (Lipinski definition) is 2. The number of aliphatic hydroxyl groups excluding tert-OH is 1. The van der Waals surface area contributed by atoms with Gasteiger partial charge in [-0.1, -0.05) is 0 Å². The third-order valence-corrected chi connectivity index (χ3v) is 6.86. The summed E-state index contributed by atoms with van der Waals surface area (Å²) in [6.07, 6.45) is 5.65. The average molecular weight is 521 g/mol. The van der Waals surface area contributed by atoms with E-state index in [0.717, 1.165) is 44.8 Å². The SMILES string of the molecule is CCOc1nn(CCO)c2c1/C=C/c1n[nH]c3cnc(cc13)-c1c(C)nn(C)c1O[C@H](C)CN(C(C)C)C2. The van der Waals surface area contributed by atoms with Crippen molar-refractivity contribution in [1.29, 1.82) is 0 Å². The Bertz CT molecular complexity index is 1460. The van der Waals surface area contributed by atoms with Crippen molar-refractivity contribution in [3.63, 3.8) is 0 Å². The van der Waals surface area contributed by atoms with Crippen LogP contribution in [0, 0.1) is 6.92 Å². The van der Waals surface area contributed by atoms with Crippen molar-refractivity contribution in [2.45, 2.75) is 59.9 Å². The van der Waals surface area contributed by atoms with Crippen LogP contribution in [0.25, 0.3) is 34.3 Å². The number of aliphatic hydroxyl groups is 1. The van der Waals surface area contributed by atoms with E-state index in [-0.39, 0.29) is 18.8 Å². The Labute approximate surface area is 222 Å². The lowest BCUT2D eigenvalue weighted by atomic mass is 10.1. The van der Waals surface area contributed by atoms with Crippen LogP contribution >= 0.6 is 0 Å². The lowest BCUT2D eigenvalue weighted by molar-refractivity contribution is 0.109. The molecule has 5 rings (SSSR count). The normalized spacial score (nSPS) is 17.2. The third-order valence-electron chi connectivity index (χ3n) is 6.86. The largest absolute Gasteiger partial charge is 0.476 e. The zero-order valence-electron chi connectivity index (χ0n) is 22.9. The van der Waals surface area contributed by atoms with E-state index in [0.29, 0.717) is 38.0 Å². The van der Waals surface area contributed by atoms with Crippen LogP contribution in [-0.4, -0.2) is 76.7 Å². The Morgan fingerprint density at radius 1 is 1.26 bits per heavy atom. The zero-order valence-corrected chi connectivity index (χ0v) is 22.9. The fourth-order valence-electron chi connectivity index (χ4n) is 4.98. The van der Waals surface area contributed by atoms with E-state index in [1.165, 1.54) is 0 Å². The molecule has 1 aliphatic rings. The molecule has 1 aliphatic heterocycles. The molecule has 0 aromatic carbocycles. The highest BCUT2D eigenvalue weighted by Gasteiger charge is 2.26. The first-order chi connectivity index (χ1) is 18.3. The first kappa shape index (κ1) is 25.9. The summed E-state index contributed by atoms with van der Waals surface area (Å²) in [5.74, 6) is 1.23. The van der Waals surface area contributed by atoms with Gasteiger partial charge in [-0.25, -0.2) is 4.68 Å². The quantitative estimate of drug-likeness (QED) is 0.411. The van der Waals surface area contributed by atoms with Crippen LogP contribution in [0.3, 0.4) is 0 Å². The summed E-state index contributed by atoms with van der Waals surface area (Å²) in [4.78, 5) is 7.06. The molecule has 11 nitrogen and oxygen atoms in total. The molecule has 2 bridgehead atoms. The van der Waals surface area contributed by atoms with Gasteiger partial charge in [0.05, 0.1) is 65.4 Å². The molecular weight excluding hydrogens is 484 g/mol. The highest BCUT2D eigenvalue weighted by atomic mass is 16.5. The maximum Gasteiger partial charge on any atom is 0.240 e. The molecule has 4 aromatic rings. The molecule has 11 heteroatoms. The van der Waals surface area contributed by atoms with Crippen molar-refractivity contribution in [3.8, 4) is 23.0 Å². The van der Waals surface area contributed by atoms with Crippen molar-refractivity contribution < 1.29 is 14.6 Å². The zero-order chi connectivity index (χ0) is 27.0. The first-order valence-electron chi connectivity index (χ1n) is 13.1. The van der Waals surface area contributed by atoms with Crippen LogP contribution in [0.1, 0.15) is 50.3 Å². The molecule has 0 unspecified atom stereocenters. The molecule has 38 heavy (non-hydrogen) atoms. The molecule has 1 atom stereocenters. The fraction of sp³-hybridized carbons (Fsp3) is 0.481. The minimum absolute atomic E-state index is 0.0208. The molecule has 4 aromatic heterocycles. The van der Waals surface area contributed by atoms with Crippen molar-refractivity contribution in [3.05, 3.63) is 34.9 Å². The van der Waals surface area contributed by atoms with E-state index < -0.39 is 0 Å². The minimum atomic E-state index is -0.135. The van der Waals surface area contributed by atoms with E-state index >= 15 is 0 Å². The van der Waals surface area contributed by atoms with Gasteiger partial charge < -0.3 is 14.6 Å². The van der Waals surface area contributed by atoms with Crippen LogP contribution in [0.2, 0.25) is 0 Å². The molecule has 5 heterocycles. The molecular formula is C27H36N8O3. The average Bonchev–Trinajstić information content (AvgIpc) is 3.50. The second kappa shape index (κ2) is 10.6. The smallest absolute Gasteiger partial charge is 0.240 e. The predicted octanol–water partition coefficient (Wildman–Crippen LogP) is 3.42. The molecule has 0 spiro atoms. The van der Waals surface area contributed by atoms with Crippen molar-refractivity contribution in [2.75, 3.05) is 19.8 Å². The molecule has 0 radical (unpaired) electrons. The van der Waals surface area contributed by atoms with E-state index in [9.17, 15) is 5.11 Å². The summed E-state index contributed by atoms with van der Waals surface area (Å²) in [5.41, 5.74) is 5.97. The fourth-order valence-corrected chi connectivity index (χ4v) is 4.98. The topological polar surface area (TPSA) is 119 Å². The Morgan fingerprint density at radius 3 is 2.82 bits per heavy atom. The summed E-state index contributed by atoms with van der Waals surface area (Å²) < 4.78 is 16.1. The van der Waals surface area contributed by atoms with E-state index in [1.54, 1.807) is 10.9 Å². The molecule has 0 saturated heterocycles. The lowest BCUT2D eigenvalue weighted by Crippen LogP contribution is -2.39. The van der Waals surface area contributed by atoms with Gasteiger partial charge >= 0.3 is 0 Å². The Morgan fingerprint density at radius 2 is 2.08 bits per heavy atom. The molecule has 0 amide bonds. The highest BCUT2D eigenvalue weighted by Crippen LogP contribution is 2.35. The van der Waals surface area contributed by atoms with Gasteiger partial charge in [0.2, 0.25) is 11.8 Å². The summed E-state index contributed by atoms with van der Waals surface area (Å²) in [7, 11) is 1.90. The molecule has 202 valence electrons. The molecule has 0 fully saturated rings. The number of aryl methyl sites for hydroxylation is 2. The monoisotopic (exact) mass is 520 g/mol. The first-order valence-corrected chi connectivity index (χ1v) is 13.1. The minimum Gasteiger partial charge on any atom is -0.476 e. The maximum atomic E-state index is 9.78. The highest BCUT2D eigenvalue weighted by molar-refractivity contribution is 5.92. The van der Waals surface area contributed by atoms with Gasteiger partial charge in [0.15, 0.2) is 0 Å².